The van der Waals surface area contributed by atoms with Crippen molar-refractivity contribution < 1.29 is 13.9 Å². The van der Waals surface area contributed by atoms with Crippen molar-refractivity contribution in [3.05, 3.63) is 58.3 Å². The minimum atomic E-state index is -0.509. The van der Waals surface area contributed by atoms with Crippen LogP contribution in [0, 0.1) is 5.82 Å². The van der Waals surface area contributed by atoms with E-state index in [2.05, 4.69) is 20.2 Å². The minimum Gasteiger partial charge on any atom is -0.381 e. The Labute approximate surface area is 170 Å². The Hall–Kier alpha value is -2.77. The molecule has 5 rings (SSSR count). The van der Waals surface area contributed by atoms with Crippen LogP contribution >= 0.6 is 11.6 Å². The molecule has 0 amide bonds. The van der Waals surface area contributed by atoms with Crippen molar-refractivity contribution in [1.82, 2.24) is 20.2 Å². The summed E-state index contributed by atoms with van der Waals surface area (Å²) in [5, 5.41) is 7.54. The number of rotatable bonds is 4. The zero-order valence-corrected chi connectivity index (χ0v) is 16.2. The molecule has 0 radical (unpaired) electrons. The maximum Gasteiger partial charge on any atom is 0.204 e. The van der Waals surface area contributed by atoms with E-state index in [0.29, 0.717) is 22.5 Å². The molecule has 0 aliphatic carbocycles. The number of benzene rings is 2. The lowest BCUT2D eigenvalue weighted by atomic mass is 9.94. The molecule has 6 nitrogen and oxygen atoms in total. The van der Waals surface area contributed by atoms with Crippen LogP contribution in [-0.4, -0.2) is 39.2 Å². The molecule has 0 saturated carbocycles. The molecule has 0 unspecified atom stereocenters. The molecule has 2 N–H and O–H groups in total. The fraction of sp³-hybridized carbons (Fsp3) is 0.286. The van der Waals surface area contributed by atoms with Gasteiger partial charge in [-0.15, -0.1) is 0 Å². The molecule has 0 atom stereocenters. The number of nitrogens with one attached hydrogen (secondary N) is 2. The minimum absolute atomic E-state index is 0.00457. The summed E-state index contributed by atoms with van der Waals surface area (Å²) in [5.74, 6) is -0.180. The molecule has 8 heteroatoms. The van der Waals surface area contributed by atoms with Crippen molar-refractivity contribution >= 4 is 39.3 Å². The lowest BCUT2D eigenvalue weighted by molar-refractivity contribution is 0.0847. The number of H-pyrrole nitrogens is 2. The predicted molar refractivity (Wildman–Crippen MR) is 108 cm³/mol. The summed E-state index contributed by atoms with van der Waals surface area (Å²) in [6.07, 6.45) is 2.01. The van der Waals surface area contributed by atoms with Gasteiger partial charge in [0.1, 0.15) is 5.82 Å². The number of halogens is 2. The van der Waals surface area contributed by atoms with E-state index < -0.39 is 5.82 Å². The van der Waals surface area contributed by atoms with Crippen LogP contribution in [0.15, 0.2) is 30.3 Å². The molecule has 1 fully saturated rings. The molecule has 0 bridgehead atoms. The fourth-order valence-electron chi connectivity index (χ4n) is 3.88. The van der Waals surface area contributed by atoms with Crippen LogP contribution in [-0.2, 0) is 11.2 Å². The van der Waals surface area contributed by atoms with Crippen LogP contribution in [0.1, 0.15) is 40.6 Å². The summed E-state index contributed by atoms with van der Waals surface area (Å²) in [4.78, 5) is 21.5. The Morgan fingerprint density at radius 3 is 2.66 bits per heavy atom. The molecule has 1 saturated heterocycles. The number of aromatic nitrogens is 4. The van der Waals surface area contributed by atoms with Gasteiger partial charge in [0, 0.05) is 36.6 Å². The van der Waals surface area contributed by atoms with Crippen molar-refractivity contribution in [2.45, 2.75) is 25.2 Å². The van der Waals surface area contributed by atoms with Gasteiger partial charge >= 0.3 is 0 Å². The van der Waals surface area contributed by atoms with E-state index in [0.717, 1.165) is 42.7 Å². The molecule has 3 heterocycles. The van der Waals surface area contributed by atoms with E-state index in [1.807, 2.05) is 12.1 Å². The second-order valence-corrected chi connectivity index (χ2v) is 7.74. The number of hydrogen-bond donors (Lipinski definition) is 2. The van der Waals surface area contributed by atoms with Gasteiger partial charge in [-0.2, -0.15) is 0 Å². The Morgan fingerprint density at radius 2 is 1.90 bits per heavy atom. The fourth-order valence-corrected chi connectivity index (χ4v) is 4.09. The van der Waals surface area contributed by atoms with Crippen LogP contribution in [0.3, 0.4) is 0 Å². The Kier molecular flexibility index (Phi) is 4.56. The average Bonchev–Trinajstić information content (AvgIpc) is 3.33. The first-order valence-electron chi connectivity index (χ1n) is 9.51. The number of hydrogen-bond acceptors (Lipinski definition) is 4. The third-order valence-corrected chi connectivity index (χ3v) is 5.71. The number of nitrogens with zero attached hydrogens (tertiary/aromatic N) is 2. The molecule has 1 aliphatic heterocycles. The van der Waals surface area contributed by atoms with Gasteiger partial charge in [0.25, 0.3) is 0 Å². The molecular weight excluding hydrogens is 395 g/mol. The van der Waals surface area contributed by atoms with Crippen LogP contribution < -0.4 is 0 Å². The van der Waals surface area contributed by atoms with E-state index in [-0.39, 0.29) is 23.1 Å². The molecule has 29 heavy (non-hydrogen) atoms. The average molecular weight is 413 g/mol. The third kappa shape index (κ3) is 3.41. The van der Waals surface area contributed by atoms with Crippen molar-refractivity contribution in [3.8, 4) is 0 Å². The first-order valence-corrected chi connectivity index (χ1v) is 9.89. The van der Waals surface area contributed by atoms with Crippen molar-refractivity contribution in [1.29, 1.82) is 0 Å². The summed E-state index contributed by atoms with van der Waals surface area (Å²) in [6, 6.07) is 8.13. The normalized spacial score (nSPS) is 15.4. The van der Waals surface area contributed by atoms with Gasteiger partial charge in [0.2, 0.25) is 5.78 Å². The third-order valence-electron chi connectivity index (χ3n) is 5.42. The number of fused-ring (bicyclic) bond motifs is 2. The van der Waals surface area contributed by atoms with Crippen LogP contribution in [0.5, 0.6) is 0 Å². The van der Waals surface area contributed by atoms with Gasteiger partial charge in [0.05, 0.1) is 21.6 Å². The van der Waals surface area contributed by atoms with E-state index in [1.54, 1.807) is 6.07 Å². The zero-order chi connectivity index (χ0) is 20.0. The van der Waals surface area contributed by atoms with Gasteiger partial charge in [-0.25, -0.2) is 14.4 Å². The van der Waals surface area contributed by atoms with Gasteiger partial charge in [-0.05, 0) is 42.7 Å². The van der Waals surface area contributed by atoms with Crippen molar-refractivity contribution in [2.75, 3.05) is 13.2 Å². The van der Waals surface area contributed by atoms with E-state index in [4.69, 9.17) is 16.3 Å². The number of Topliss-reactive ketones (excluding diaryl/α,β-unsaturated/α-hetero) is 1. The van der Waals surface area contributed by atoms with E-state index in [9.17, 15) is 9.18 Å². The second-order valence-electron chi connectivity index (χ2n) is 7.33. The van der Waals surface area contributed by atoms with Crippen LogP contribution in [0.25, 0.3) is 21.9 Å². The smallest absolute Gasteiger partial charge is 0.204 e. The number of imidazole rings is 1. The Bertz CT molecular complexity index is 1230. The van der Waals surface area contributed by atoms with Gasteiger partial charge < -0.3 is 14.9 Å². The lowest BCUT2D eigenvalue weighted by Crippen LogP contribution is -2.14. The number of aromatic amines is 2. The Balaban J connectivity index is 1.46. The second kappa shape index (κ2) is 7.24. The van der Waals surface area contributed by atoms with Crippen LogP contribution in [0.2, 0.25) is 5.02 Å². The first-order chi connectivity index (χ1) is 14.1. The predicted octanol–water partition coefficient (Wildman–Crippen LogP) is 4.55. The highest BCUT2D eigenvalue weighted by Crippen LogP contribution is 2.32. The Morgan fingerprint density at radius 1 is 1.14 bits per heavy atom. The molecular formula is C21H18ClFN4O2. The molecule has 148 valence electrons. The highest BCUT2D eigenvalue weighted by molar-refractivity contribution is 6.30. The molecule has 2 aromatic carbocycles. The summed E-state index contributed by atoms with van der Waals surface area (Å²) < 4.78 is 18.8. The number of ether oxygens (including phenoxy) is 1. The van der Waals surface area contributed by atoms with Crippen LogP contribution in [0.4, 0.5) is 4.39 Å². The summed E-state index contributed by atoms with van der Waals surface area (Å²) in [5.41, 5.74) is 4.04. The highest BCUT2D eigenvalue weighted by Gasteiger charge is 2.21. The largest absolute Gasteiger partial charge is 0.381 e. The molecule has 4 aromatic rings. The van der Waals surface area contributed by atoms with Crippen molar-refractivity contribution in [3.63, 3.8) is 0 Å². The standard InChI is InChI=1S/C21H18ClFN4O2/c22-14-7-11(1-2-15(14)23)8-19(28)21-24-17-9-13-16(10-18(17)25-21)26-27-20(13)12-3-5-29-6-4-12/h1-2,7,9-10,12,26-27H,3-6,8H2. The van der Waals surface area contributed by atoms with E-state index in [1.165, 1.54) is 12.1 Å². The quantitative estimate of drug-likeness (QED) is 0.481. The van der Waals surface area contributed by atoms with Gasteiger partial charge in [0.15, 0.2) is 5.82 Å². The first kappa shape index (κ1) is 18.3. The van der Waals surface area contributed by atoms with Crippen molar-refractivity contribution in [2.24, 2.45) is 0 Å². The summed E-state index contributed by atoms with van der Waals surface area (Å²) in [7, 11) is 0. The lowest BCUT2D eigenvalue weighted by Gasteiger charge is -2.21. The number of ketones is 1. The summed E-state index contributed by atoms with van der Waals surface area (Å²) >= 11 is 5.80. The topological polar surface area (TPSA) is 83.7 Å². The molecule has 2 aromatic heterocycles. The monoisotopic (exact) mass is 412 g/mol. The van der Waals surface area contributed by atoms with Gasteiger partial charge in [-0.3, -0.25) is 4.79 Å². The zero-order valence-electron chi connectivity index (χ0n) is 15.5. The van der Waals surface area contributed by atoms with E-state index >= 15 is 0 Å². The SMILES string of the molecule is O=C(Cc1ccc(F)c(Cl)c1)c1nc2cc3[nH][nH]c(C4CCOCC4)c3cc2n1. The maximum absolute atomic E-state index is 13.3. The molecule has 1 aliphatic rings. The number of carbonyl (C=O) groups is 1. The highest BCUT2D eigenvalue weighted by atomic mass is 35.5. The summed E-state index contributed by atoms with van der Waals surface area (Å²) in [6.45, 7) is 1.52. The number of carbonyl (C=O) groups excluding carboxylic acids is 1. The molecule has 0 spiro atoms. The van der Waals surface area contributed by atoms with Gasteiger partial charge in [-0.1, -0.05) is 17.7 Å². The maximum atomic E-state index is 13.3.